The Bertz CT molecular complexity index is 344. The van der Waals surface area contributed by atoms with E-state index in [4.69, 9.17) is 20.4 Å². The molecule has 0 aromatic heterocycles. The SMILES string of the molecule is O=C(O)CCC(=O)C(=O)O.O=C(O)CCCC(=O)O. The molecule has 0 aliphatic carbocycles. The van der Waals surface area contributed by atoms with E-state index in [9.17, 15) is 24.0 Å². The number of hydrogen-bond acceptors (Lipinski definition) is 5. The largest absolute Gasteiger partial charge is 0.481 e. The lowest BCUT2D eigenvalue weighted by atomic mass is 10.2. The van der Waals surface area contributed by atoms with E-state index in [1.807, 2.05) is 0 Å². The van der Waals surface area contributed by atoms with Crippen LogP contribution in [0.2, 0.25) is 0 Å². The Kier molecular flexibility index (Phi) is 10.6. The summed E-state index contributed by atoms with van der Waals surface area (Å²) in [6, 6.07) is 0. The first-order chi connectivity index (χ1) is 8.66. The molecular formula is C10H14O9. The number of ketones is 1. The molecular weight excluding hydrogens is 264 g/mol. The van der Waals surface area contributed by atoms with Crippen LogP contribution in [0.15, 0.2) is 0 Å². The molecule has 108 valence electrons. The Hall–Kier alpha value is -2.45. The van der Waals surface area contributed by atoms with Crippen molar-refractivity contribution in [2.24, 2.45) is 0 Å². The number of rotatable bonds is 8. The highest BCUT2D eigenvalue weighted by Crippen LogP contribution is 1.93. The summed E-state index contributed by atoms with van der Waals surface area (Å²) in [6.45, 7) is 0. The van der Waals surface area contributed by atoms with E-state index in [0.29, 0.717) is 0 Å². The Morgan fingerprint density at radius 3 is 1.21 bits per heavy atom. The molecule has 0 bridgehead atoms. The van der Waals surface area contributed by atoms with Crippen molar-refractivity contribution in [1.82, 2.24) is 0 Å². The zero-order valence-electron chi connectivity index (χ0n) is 9.87. The van der Waals surface area contributed by atoms with Crippen LogP contribution in [-0.2, 0) is 24.0 Å². The van der Waals surface area contributed by atoms with Crippen molar-refractivity contribution >= 4 is 29.7 Å². The Morgan fingerprint density at radius 1 is 0.579 bits per heavy atom. The Balaban J connectivity index is 0. The zero-order chi connectivity index (χ0) is 15.4. The van der Waals surface area contributed by atoms with Crippen LogP contribution in [0.3, 0.4) is 0 Å². The van der Waals surface area contributed by atoms with Crippen molar-refractivity contribution in [3.63, 3.8) is 0 Å². The minimum Gasteiger partial charge on any atom is -0.481 e. The summed E-state index contributed by atoms with van der Waals surface area (Å²) in [5, 5.41) is 32.0. The highest BCUT2D eigenvalue weighted by molar-refractivity contribution is 6.32. The second kappa shape index (κ2) is 10.7. The highest BCUT2D eigenvalue weighted by Gasteiger charge is 2.12. The molecule has 0 aliphatic rings. The Morgan fingerprint density at radius 2 is 0.947 bits per heavy atom. The average Bonchev–Trinajstić information content (AvgIpc) is 2.25. The quantitative estimate of drug-likeness (QED) is 0.440. The third kappa shape index (κ3) is 18.1. The van der Waals surface area contributed by atoms with E-state index in [-0.39, 0.29) is 19.3 Å². The van der Waals surface area contributed by atoms with Crippen LogP contribution < -0.4 is 0 Å². The molecule has 0 radical (unpaired) electrons. The maximum atomic E-state index is 10.2. The van der Waals surface area contributed by atoms with Gasteiger partial charge in [-0.25, -0.2) is 4.79 Å². The van der Waals surface area contributed by atoms with Gasteiger partial charge in [-0.15, -0.1) is 0 Å². The first-order valence-electron chi connectivity index (χ1n) is 5.08. The van der Waals surface area contributed by atoms with Gasteiger partial charge in [0.2, 0.25) is 5.78 Å². The molecule has 0 aromatic carbocycles. The second-order valence-corrected chi connectivity index (χ2v) is 3.26. The number of carboxylic acid groups (broad SMARTS) is 4. The van der Waals surface area contributed by atoms with Gasteiger partial charge in [0.15, 0.2) is 0 Å². The molecule has 0 unspecified atom stereocenters. The molecule has 0 rings (SSSR count). The maximum Gasteiger partial charge on any atom is 0.372 e. The van der Waals surface area contributed by atoms with E-state index in [2.05, 4.69) is 0 Å². The predicted molar refractivity (Wildman–Crippen MR) is 58.6 cm³/mol. The molecule has 4 N–H and O–H groups in total. The smallest absolute Gasteiger partial charge is 0.372 e. The van der Waals surface area contributed by atoms with Gasteiger partial charge in [-0.1, -0.05) is 0 Å². The first kappa shape index (κ1) is 18.9. The van der Waals surface area contributed by atoms with Crippen LogP contribution >= 0.6 is 0 Å². The van der Waals surface area contributed by atoms with Crippen LogP contribution in [0.4, 0.5) is 0 Å². The summed E-state index contributed by atoms with van der Waals surface area (Å²) in [7, 11) is 0. The highest BCUT2D eigenvalue weighted by atomic mass is 16.4. The molecule has 19 heavy (non-hydrogen) atoms. The number of aliphatic carboxylic acids is 4. The maximum absolute atomic E-state index is 10.2. The molecule has 0 aromatic rings. The molecule has 9 heteroatoms. The molecule has 9 nitrogen and oxygen atoms in total. The fourth-order valence-corrected chi connectivity index (χ4v) is 0.718. The van der Waals surface area contributed by atoms with Gasteiger partial charge in [-0.05, 0) is 6.42 Å². The number of hydrogen-bond donors (Lipinski definition) is 4. The third-order valence-electron chi connectivity index (χ3n) is 1.59. The van der Waals surface area contributed by atoms with Gasteiger partial charge in [0.05, 0.1) is 6.42 Å². The molecule has 0 atom stereocenters. The zero-order valence-corrected chi connectivity index (χ0v) is 9.87. The molecule has 0 saturated heterocycles. The van der Waals surface area contributed by atoms with E-state index >= 15 is 0 Å². The van der Waals surface area contributed by atoms with Crippen molar-refractivity contribution < 1.29 is 44.4 Å². The summed E-state index contributed by atoms with van der Waals surface area (Å²) >= 11 is 0. The fraction of sp³-hybridized carbons (Fsp3) is 0.500. The molecule has 0 fully saturated rings. The van der Waals surface area contributed by atoms with Crippen LogP contribution in [0.1, 0.15) is 32.1 Å². The van der Waals surface area contributed by atoms with Gasteiger partial charge in [0.25, 0.3) is 0 Å². The van der Waals surface area contributed by atoms with Crippen molar-refractivity contribution in [3.8, 4) is 0 Å². The number of Topliss-reactive ketones (excluding diaryl/α,β-unsaturated/α-hetero) is 1. The summed E-state index contributed by atoms with van der Waals surface area (Å²) in [5.41, 5.74) is 0. The predicted octanol–water partition coefficient (Wildman–Crippen LogP) is -0.169. The normalized spacial score (nSPS) is 8.84. The minimum atomic E-state index is -1.58. The van der Waals surface area contributed by atoms with E-state index in [1.54, 1.807) is 0 Å². The van der Waals surface area contributed by atoms with Gasteiger partial charge >= 0.3 is 23.9 Å². The van der Waals surface area contributed by atoms with Crippen LogP contribution in [0, 0.1) is 0 Å². The van der Waals surface area contributed by atoms with Gasteiger partial charge in [-0.3, -0.25) is 19.2 Å². The lowest BCUT2D eigenvalue weighted by Crippen LogP contribution is -2.13. The molecule has 0 spiro atoms. The summed E-state index contributed by atoms with van der Waals surface area (Å²) in [5.74, 6) is -5.72. The summed E-state index contributed by atoms with van der Waals surface area (Å²) in [6.07, 6.45) is -0.779. The summed E-state index contributed by atoms with van der Waals surface area (Å²) in [4.78, 5) is 49.3. The van der Waals surface area contributed by atoms with E-state index in [1.165, 1.54) is 0 Å². The fourth-order valence-electron chi connectivity index (χ4n) is 0.718. The lowest BCUT2D eigenvalue weighted by Gasteiger charge is -1.89. The van der Waals surface area contributed by atoms with Crippen molar-refractivity contribution in [2.75, 3.05) is 0 Å². The van der Waals surface area contributed by atoms with Crippen LogP contribution in [0.5, 0.6) is 0 Å². The summed E-state index contributed by atoms with van der Waals surface area (Å²) < 4.78 is 0. The number of carbonyl (C=O) groups is 5. The van der Waals surface area contributed by atoms with Gasteiger partial charge in [0.1, 0.15) is 0 Å². The van der Waals surface area contributed by atoms with Gasteiger partial charge < -0.3 is 20.4 Å². The van der Waals surface area contributed by atoms with E-state index in [0.717, 1.165) is 0 Å². The van der Waals surface area contributed by atoms with E-state index < -0.39 is 42.5 Å². The van der Waals surface area contributed by atoms with Crippen molar-refractivity contribution in [2.45, 2.75) is 32.1 Å². The molecule has 0 heterocycles. The monoisotopic (exact) mass is 278 g/mol. The number of carboxylic acids is 4. The van der Waals surface area contributed by atoms with Crippen molar-refractivity contribution in [1.29, 1.82) is 0 Å². The van der Waals surface area contributed by atoms with Crippen LogP contribution in [0.25, 0.3) is 0 Å². The number of carbonyl (C=O) groups excluding carboxylic acids is 1. The average molecular weight is 278 g/mol. The minimum absolute atomic E-state index is 0.0632. The molecule has 0 saturated carbocycles. The Labute approximate surface area is 107 Å². The van der Waals surface area contributed by atoms with Crippen molar-refractivity contribution in [3.05, 3.63) is 0 Å². The first-order valence-corrected chi connectivity index (χ1v) is 5.08. The standard InChI is InChI=1S/C5H6O5.C5H8O4/c6-3(5(9)10)1-2-4(7)8;6-4(7)2-1-3-5(8)9/h1-2H2,(H,7,8)(H,9,10);1-3H2,(H,6,7)(H,8,9). The van der Waals surface area contributed by atoms with Gasteiger partial charge in [0, 0.05) is 19.3 Å². The van der Waals surface area contributed by atoms with Crippen LogP contribution in [-0.4, -0.2) is 50.1 Å². The third-order valence-corrected chi connectivity index (χ3v) is 1.59. The topological polar surface area (TPSA) is 166 Å². The lowest BCUT2D eigenvalue weighted by molar-refractivity contribution is -0.150. The molecule has 0 aliphatic heterocycles. The van der Waals surface area contributed by atoms with Gasteiger partial charge in [-0.2, -0.15) is 0 Å². The molecule has 0 amide bonds. The second-order valence-electron chi connectivity index (χ2n) is 3.26.